The summed E-state index contributed by atoms with van der Waals surface area (Å²) >= 11 is 1.04. The van der Waals surface area contributed by atoms with Gasteiger partial charge in [0.15, 0.2) is 5.13 Å². The maximum Gasteiger partial charge on any atom is 0.336 e. The lowest BCUT2D eigenvalue weighted by atomic mass is 10.0. The van der Waals surface area contributed by atoms with Crippen LogP contribution in [0, 0.1) is 0 Å². The zero-order valence-electron chi connectivity index (χ0n) is 19.3. The SMILES string of the molecule is O=C(Nc1ccc2nc(NC(=O)c3ccc(C(=O)O)c(C(=O)O)c3)sc2c1)c1ccc(C(=O)O)c(C(=O)O)c1. The molecule has 0 saturated heterocycles. The van der Waals surface area contributed by atoms with E-state index < -0.39 is 57.9 Å². The number of aromatic nitrogens is 1. The summed E-state index contributed by atoms with van der Waals surface area (Å²) in [6.45, 7) is 0. The molecule has 0 unspecified atom stereocenters. The molecular formula is C25H15N3O10S. The van der Waals surface area contributed by atoms with E-state index in [1.165, 1.54) is 18.2 Å². The minimum Gasteiger partial charge on any atom is -0.478 e. The molecule has 1 aromatic heterocycles. The van der Waals surface area contributed by atoms with E-state index in [1.807, 2.05) is 0 Å². The summed E-state index contributed by atoms with van der Waals surface area (Å²) in [7, 11) is 0. The Morgan fingerprint density at radius 2 is 1.08 bits per heavy atom. The molecule has 0 spiro atoms. The van der Waals surface area contributed by atoms with Crippen molar-refractivity contribution in [1.29, 1.82) is 0 Å². The quantitative estimate of drug-likeness (QED) is 0.186. The van der Waals surface area contributed by atoms with E-state index in [2.05, 4.69) is 15.6 Å². The van der Waals surface area contributed by atoms with Crippen molar-refractivity contribution in [1.82, 2.24) is 4.98 Å². The molecule has 0 fully saturated rings. The summed E-state index contributed by atoms with van der Waals surface area (Å²) in [5, 5.41) is 42.0. The van der Waals surface area contributed by atoms with Gasteiger partial charge in [0.25, 0.3) is 11.8 Å². The van der Waals surface area contributed by atoms with Crippen molar-refractivity contribution in [3.63, 3.8) is 0 Å². The zero-order valence-corrected chi connectivity index (χ0v) is 20.1. The standard InChI is InChI=1S/C25H15N3O10S/c29-19(10-1-4-13(21(31)32)15(7-10)23(35)36)26-12-3-6-17-18(9-12)39-25(27-17)28-20(30)11-2-5-14(22(33)34)16(8-11)24(37)38/h1-9H,(H,26,29)(H,31,32)(H,33,34)(H,35,36)(H,37,38)(H,27,28,30). The third kappa shape index (κ3) is 5.55. The van der Waals surface area contributed by atoms with Crippen molar-refractivity contribution in [2.24, 2.45) is 0 Å². The molecule has 4 aromatic rings. The van der Waals surface area contributed by atoms with Gasteiger partial charge in [0.2, 0.25) is 0 Å². The molecule has 0 aliphatic heterocycles. The Labute approximate surface area is 221 Å². The minimum absolute atomic E-state index is 0.0793. The Balaban J connectivity index is 1.53. The molecule has 39 heavy (non-hydrogen) atoms. The lowest BCUT2D eigenvalue weighted by Gasteiger charge is -2.07. The third-order valence-electron chi connectivity index (χ3n) is 5.35. The van der Waals surface area contributed by atoms with Crippen LogP contribution < -0.4 is 10.6 Å². The van der Waals surface area contributed by atoms with Crippen LogP contribution in [0.25, 0.3) is 10.2 Å². The van der Waals surface area contributed by atoms with Crippen LogP contribution in [0.1, 0.15) is 62.1 Å². The Bertz CT molecular complexity index is 1640. The van der Waals surface area contributed by atoms with Crippen LogP contribution in [0.15, 0.2) is 54.6 Å². The maximum absolute atomic E-state index is 12.7. The number of carbonyl (C=O) groups excluding carboxylic acids is 2. The summed E-state index contributed by atoms with van der Waals surface area (Å²) in [4.78, 5) is 74.7. The Morgan fingerprint density at radius 1 is 0.590 bits per heavy atom. The van der Waals surface area contributed by atoms with Crippen molar-refractivity contribution in [3.8, 4) is 0 Å². The number of aromatic carboxylic acids is 4. The average molecular weight is 549 g/mol. The molecule has 4 rings (SSSR count). The molecule has 2 amide bonds. The predicted molar refractivity (Wildman–Crippen MR) is 136 cm³/mol. The number of carboxylic acid groups (broad SMARTS) is 4. The van der Waals surface area contributed by atoms with Crippen molar-refractivity contribution in [2.75, 3.05) is 10.6 Å². The van der Waals surface area contributed by atoms with Gasteiger partial charge in [0.05, 0.1) is 32.5 Å². The molecule has 13 nitrogen and oxygen atoms in total. The molecule has 14 heteroatoms. The number of benzene rings is 3. The highest BCUT2D eigenvalue weighted by Gasteiger charge is 2.21. The topological polar surface area (TPSA) is 220 Å². The van der Waals surface area contributed by atoms with E-state index in [0.717, 1.165) is 35.6 Å². The van der Waals surface area contributed by atoms with Crippen molar-refractivity contribution in [2.45, 2.75) is 0 Å². The number of anilines is 2. The van der Waals surface area contributed by atoms with Crippen LogP contribution in [0.5, 0.6) is 0 Å². The predicted octanol–water partition coefficient (Wildman–Crippen LogP) is 3.59. The normalized spacial score (nSPS) is 10.6. The van der Waals surface area contributed by atoms with Gasteiger partial charge in [-0.15, -0.1) is 0 Å². The number of rotatable bonds is 8. The monoisotopic (exact) mass is 549 g/mol. The van der Waals surface area contributed by atoms with E-state index in [-0.39, 0.29) is 16.3 Å². The number of hydrogen-bond donors (Lipinski definition) is 6. The highest BCUT2D eigenvalue weighted by atomic mass is 32.1. The summed E-state index contributed by atoms with van der Waals surface area (Å²) in [6, 6.07) is 10.9. The Kier molecular flexibility index (Phi) is 7.04. The molecule has 196 valence electrons. The van der Waals surface area contributed by atoms with Crippen LogP contribution in [-0.2, 0) is 0 Å². The number of hydrogen-bond acceptors (Lipinski definition) is 8. The first-order chi connectivity index (χ1) is 18.4. The molecule has 0 bridgehead atoms. The second-order valence-corrected chi connectivity index (χ2v) is 8.88. The molecule has 0 aliphatic carbocycles. The first kappa shape index (κ1) is 26.4. The molecule has 6 N–H and O–H groups in total. The lowest BCUT2D eigenvalue weighted by molar-refractivity contribution is 0.0651. The molecular weight excluding hydrogens is 534 g/mol. The number of carbonyl (C=O) groups is 6. The van der Waals surface area contributed by atoms with Gasteiger partial charge in [0, 0.05) is 16.8 Å². The third-order valence-corrected chi connectivity index (χ3v) is 6.29. The van der Waals surface area contributed by atoms with Crippen LogP contribution in [-0.4, -0.2) is 61.1 Å². The number of thiazole rings is 1. The smallest absolute Gasteiger partial charge is 0.336 e. The van der Waals surface area contributed by atoms with Gasteiger partial charge in [-0.25, -0.2) is 24.2 Å². The largest absolute Gasteiger partial charge is 0.478 e. The van der Waals surface area contributed by atoms with Gasteiger partial charge in [-0.2, -0.15) is 0 Å². The molecule has 0 atom stereocenters. The molecule has 0 radical (unpaired) electrons. The number of amides is 2. The first-order valence-electron chi connectivity index (χ1n) is 10.7. The fourth-order valence-corrected chi connectivity index (χ4v) is 4.43. The van der Waals surface area contributed by atoms with Crippen molar-refractivity contribution >= 4 is 68.1 Å². The summed E-state index contributed by atoms with van der Waals surface area (Å²) in [5.74, 6) is -7.31. The van der Waals surface area contributed by atoms with Crippen LogP contribution in [0.3, 0.4) is 0 Å². The highest BCUT2D eigenvalue weighted by molar-refractivity contribution is 7.22. The van der Waals surface area contributed by atoms with Crippen molar-refractivity contribution < 1.29 is 49.2 Å². The molecule has 3 aromatic carbocycles. The lowest BCUT2D eigenvalue weighted by Crippen LogP contribution is -2.15. The fourth-order valence-electron chi connectivity index (χ4n) is 3.53. The van der Waals surface area contributed by atoms with E-state index in [1.54, 1.807) is 12.1 Å². The van der Waals surface area contributed by atoms with E-state index in [0.29, 0.717) is 15.9 Å². The van der Waals surface area contributed by atoms with Gasteiger partial charge < -0.3 is 25.7 Å². The molecule has 0 aliphatic rings. The van der Waals surface area contributed by atoms with Crippen LogP contribution >= 0.6 is 11.3 Å². The minimum atomic E-state index is -1.51. The van der Waals surface area contributed by atoms with Crippen LogP contribution in [0.4, 0.5) is 10.8 Å². The van der Waals surface area contributed by atoms with E-state index in [9.17, 15) is 39.0 Å². The average Bonchev–Trinajstić information content (AvgIpc) is 3.29. The van der Waals surface area contributed by atoms with Crippen LogP contribution in [0.2, 0.25) is 0 Å². The Hall–Kier alpha value is -5.63. The first-order valence-corrected chi connectivity index (χ1v) is 11.5. The van der Waals surface area contributed by atoms with Crippen molar-refractivity contribution in [3.05, 3.63) is 88.0 Å². The molecule has 0 saturated carbocycles. The van der Waals surface area contributed by atoms with Gasteiger partial charge in [-0.05, 0) is 54.6 Å². The maximum atomic E-state index is 12.7. The zero-order chi connectivity index (χ0) is 28.4. The number of carboxylic acids is 4. The summed E-state index contributed by atoms with van der Waals surface area (Å²) in [5.41, 5.74) is -1.43. The van der Waals surface area contributed by atoms with Gasteiger partial charge in [-0.3, -0.25) is 14.9 Å². The van der Waals surface area contributed by atoms with Gasteiger partial charge in [-0.1, -0.05) is 11.3 Å². The highest BCUT2D eigenvalue weighted by Crippen LogP contribution is 2.29. The molecule has 1 heterocycles. The Morgan fingerprint density at radius 3 is 1.56 bits per heavy atom. The summed E-state index contributed by atoms with van der Waals surface area (Å²) in [6.07, 6.45) is 0. The number of fused-ring (bicyclic) bond motifs is 1. The van der Waals surface area contributed by atoms with E-state index in [4.69, 9.17) is 10.2 Å². The van der Waals surface area contributed by atoms with E-state index >= 15 is 0 Å². The number of nitrogens with zero attached hydrogens (tertiary/aromatic N) is 1. The summed E-state index contributed by atoms with van der Waals surface area (Å²) < 4.78 is 0.544. The number of nitrogens with one attached hydrogen (secondary N) is 2. The van der Waals surface area contributed by atoms with Gasteiger partial charge in [0.1, 0.15) is 0 Å². The second-order valence-electron chi connectivity index (χ2n) is 7.85. The second kappa shape index (κ2) is 10.4. The van der Waals surface area contributed by atoms with Gasteiger partial charge >= 0.3 is 23.9 Å². The fraction of sp³-hybridized carbons (Fsp3) is 0.